The molecule has 1 aromatic heterocycles. The van der Waals surface area contributed by atoms with Crippen molar-refractivity contribution in [1.29, 1.82) is 0 Å². The van der Waals surface area contributed by atoms with Gasteiger partial charge in [0.15, 0.2) is 0 Å². The molecule has 3 nitrogen and oxygen atoms in total. The number of alkyl halides is 3. The Morgan fingerprint density at radius 2 is 1.70 bits per heavy atom. The average Bonchev–Trinajstić information content (AvgIpc) is 2.92. The van der Waals surface area contributed by atoms with E-state index in [9.17, 15) is 13.2 Å². The zero-order chi connectivity index (χ0) is 17.1. The Balaban J connectivity index is 1.83. The SMILES string of the molecule is CC(C)(C)c1ccc(CNCCn2nccc2C(F)(F)F)cc1. The maximum atomic E-state index is 12.7. The van der Waals surface area contributed by atoms with E-state index in [4.69, 9.17) is 0 Å². The van der Waals surface area contributed by atoms with Crippen LogP contribution >= 0.6 is 0 Å². The van der Waals surface area contributed by atoms with Gasteiger partial charge in [0.25, 0.3) is 0 Å². The standard InChI is InChI=1S/C17H22F3N3/c1-16(2,3)14-6-4-13(5-7-14)12-21-10-11-23-15(8-9-22-23)17(18,19)20/h4-9,21H,10-12H2,1-3H3. The molecule has 0 radical (unpaired) electrons. The molecule has 2 aromatic rings. The lowest BCUT2D eigenvalue weighted by atomic mass is 9.87. The van der Waals surface area contributed by atoms with Gasteiger partial charge in [0, 0.05) is 19.3 Å². The average molecular weight is 325 g/mol. The highest BCUT2D eigenvalue weighted by molar-refractivity contribution is 5.27. The molecule has 0 aliphatic rings. The van der Waals surface area contributed by atoms with E-state index in [1.807, 2.05) is 12.1 Å². The van der Waals surface area contributed by atoms with Crippen molar-refractivity contribution in [2.45, 2.75) is 45.5 Å². The highest BCUT2D eigenvalue weighted by Gasteiger charge is 2.34. The summed E-state index contributed by atoms with van der Waals surface area (Å²) in [7, 11) is 0. The Hall–Kier alpha value is -1.82. The first-order valence-electron chi connectivity index (χ1n) is 7.57. The molecule has 1 aromatic carbocycles. The van der Waals surface area contributed by atoms with Crippen LogP contribution in [0.1, 0.15) is 37.6 Å². The molecule has 0 bridgehead atoms. The molecular formula is C17H22F3N3. The molecular weight excluding hydrogens is 303 g/mol. The number of rotatable bonds is 5. The molecule has 0 spiro atoms. The van der Waals surface area contributed by atoms with Gasteiger partial charge in [-0.25, -0.2) is 0 Å². The van der Waals surface area contributed by atoms with E-state index in [1.165, 1.54) is 11.8 Å². The van der Waals surface area contributed by atoms with E-state index in [1.54, 1.807) is 0 Å². The van der Waals surface area contributed by atoms with Gasteiger partial charge in [0.1, 0.15) is 5.69 Å². The van der Waals surface area contributed by atoms with Crippen molar-refractivity contribution in [2.75, 3.05) is 6.54 Å². The molecule has 0 saturated carbocycles. The van der Waals surface area contributed by atoms with Crippen LogP contribution in [0.5, 0.6) is 0 Å². The third-order valence-corrected chi connectivity index (χ3v) is 3.66. The third-order valence-electron chi connectivity index (χ3n) is 3.66. The largest absolute Gasteiger partial charge is 0.433 e. The van der Waals surface area contributed by atoms with Gasteiger partial charge in [-0.3, -0.25) is 4.68 Å². The molecule has 0 unspecified atom stereocenters. The minimum atomic E-state index is -4.36. The summed E-state index contributed by atoms with van der Waals surface area (Å²) >= 11 is 0. The molecule has 0 aliphatic carbocycles. The summed E-state index contributed by atoms with van der Waals surface area (Å²) in [4.78, 5) is 0. The lowest BCUT2D eigenvalue weighted by Crippen LogP contribution is -2.23. The maximum Gasteiger partial charge on any atom is 0.433 e. The van der Waals surface area contributed by atoms with Crippen molar-refractivity contribution in [2.24, 2.45) is 0 Å². The van der Waals surface area contributed by atoms with Gasteiger partial charge in [0.05, 0.1) is 6.54 Å². The minimum Gasteiger partial charge on any atom is -0.311 e. The highest BCUT2D eigenvalue weighted by Crippen LogP contribution is 2.28. The van der Waals surface area contributed by atoms with Gasteiger partial charge < -0.3 is 5.32 Å². The quantitative estimate of drug-likeness (QED) is 0.843. The number of hydrogen-bond acceptors (Lipinski definition) is 2. The summed E-state index contributed by atoms with van der Waals surface area (Å²) < 4.78 is 39.1. The van der Waals surface area contributed by atoms with Gasteiger partial charge in [-0.1, -0.05) is 45.0 Å². The van der Waals surface area contributed by atoms with Crippen LogP contribution in [0.15, 0.2) is 36.5 Å². The molecule has 0 aliphatic heterocycles. The van der Waals surface area contributed by atoms with Gasteiger partial charge >= 0.3 is 6.18 Å². The normalized spacial score (nSPS) is 12.6. The van der Waals surface area contributed by atoms with Crippen molar-refractivity contribution in [3.63, 3.8) is 0 Å². The van der Waals surface area contributed by atoms with Gasteiger partial charge in [0.2, 0.25) is 0 Å². The zero-order valence-electron chi connectivity index (χ0n) is 13.6. The Morgan fingerprint density at radius 1 is 1.04 bits per heavy atom. The van der Waals surface area contributed by atoms with Crippen molar-refractivity contribution in [3.05, 3.63) is 53.3 Å². The predicted octanol–water partition coefficient (Wildman–Crippen LogP) is 3.99. The first kappa shape index (κ1) is 17.5. The number of benzene rings is 1. The predicted molar refractivity (Wildman–Crippen MR) is 84.1 cm³/mol. The monoisotopic (exact) mass is 325 g/mol. The number of nitrogens with one attached hydrogen (secondary N) is 1. The molecule has 0 atom stereocenters. The van der Waals surface area contributed by atoms with Crippen molar-refractivity contribution in [3.8, 4) is 0 Å². The first-order chi connectivity index (χ1) is 10.7. The lowest BCUT2D eigenvalue weighted by Gasteiger charge is -2.19. The lowest BCUT2D eigenvalue weighted by molar-refractivity contribution is -0.144. The summed E-state index contributed by atoms with van der Waals surface area (Å²) in [6.45, 7) is 7.69. The second kappa shape index (κ2) is 6.74. The van der Waals surface area contributed by atoms with Gasteiger partial charge in [-0.15, -0.1) is 0 Å². The number of nitrogens with zero attached hydrogens (tertiary/aromatic N) is 2. The Labute approximate surface area is 134 Å². The summed E-state index contributed by atoms with van der Waals surface area (Å²) in [5.74, 6) is 0. The fraction of sp³-hybridized carbons (Fsp3) is 0.471. The van der Waals surface area contributed by atoms with Gasteiger partial charge in [-0.2, -0.15) is 18.3 Å². The van der Waals surface area contributed by atoms with E-state index >= 15 is 0 Å². The van der Waals surface area contributed by atoms with Crippen LogP contribution in [0.4, 0.5) is 13.2 Å². The fourth-order valence-corrected chi connectivity index (χ4v) is 2.29. The third kappa shape index (κ3) is 4.82. The second-order valence-corrected chi connectivity index (χ2v) is 6.56. The zero-order valence-corrected chi connectivity index (χ0v) is 13.6. The summed E-state index contributed by atoms with van der Waals surface area (Å²) in [6.07, 6.45) is -3.19. The van der Waals surface area contributed by atoms with Crippen LogP contribution in [0.3, 0.4) is 0 Å². The van der Waals surface area contributed by atoms with Crippen LogP contribution in [0.25, 0.3) is 0 Å². The van der Waals surface area contributed by atoms with E-state index < -0.39 is 11.9 Å². The maximum absolute atomic E-state index is 12.7. The highest BCUT2D eigenvalue weighted by atomic mass is 19.4. The smallest absolute Gasteiger partial charge is 0.311 e. The summed E-state index contributed by atoms with van der Waals surface area (Å²) in [6, 6.07) is 9.26. The summed E-state index contributed by atoms with van der Waals surface area (Å²) in [5, 5.41) is 6.87. The van der Waals surface area contributed by atoms with Crippen molar-refractivity contribution < 1.29 is 13.2 Å². The molecule has 1 heterocycles. The topological polar surface area (TPSA) is 29.9 Å². The van der Waals surface area contributed by atoms with Crippen LogP contribution in [0, 0.1) is 0 Å². The molecule has 126 valence electrons. The van der Waals surface area contributed by atoms with Gasteiger partial charge in [-0.05, 0) is 22.6 Å². The molecule has 1 N–H and O–H groups in total. The molecule has 0 fully saturated rings. The van der Waals surface area contributed by atoms with Crippen LogP contribution < -0.4 is 5.32 Å². The molecule has 23 heavy (non-hydrogen) atoms. The van der Waals surface area contributed by atoms with Crippen molar-refractivity contribution in [1.82, 2.24) is 15.1 Å². The van der Waals surface area contributed by atoms with E-state index in [2.05, 4.69) is 43.3 Å². The van der Waals surface area contributed by atoms with Crippen molar-refractivity contribution >= 4 is 0 Å². The van der Waals surface area contributed by atoms with E-state index in [0.717, 1.165) is 16.3 Å². The molecule has 0 amide bonds. The molecule has 0 saturated heterocycles. The van der Waals surface area contributed by atoms with Crippen LogP contribution in [0.2, 0.25) is 0 Å². The second-order valence-electron chi connectivity index (χ2n) is 6.56. The Bertz CT molecular complexity index is 622. The molecule has 2 rings (SSSR count). The fourth-order valence-electron chi connectivity index (χ4n) is 2.29. The molecule has 6 heteroatoms. The van der Waals surface area contributed by atoms with E-state index in [-0.39, 0.29) is 12.0 Å². The minimum absolute atomic E-state index is 0.111. The first-order valence-corrected chi connectivity index (χ1v) is 7.57. The number of hydrogen-bond donors (Lipinski definition) is 1. The van der Waals surface area contributed by atoms with E-state index in [0.29, 0.717) is 13.1 Å². The Kier molecular flexibility index (Phi) is 5.14. The van der Waals surface area contributed by atoms with Crippen LogP contribution in [-0.2, 0) is 24.7 Å². The summed E-state index contributed by atoms with van der Waals surface area (Å²) in [5.41, 5.74) is 1.76. The Morgan fingerprint density at radius 3 is 2.26 bits per heavy atom. The number of aromatic nitrogens is 2. The van der Waals surface area contributed by atoms with Crippen LogP contribution in [-0.4, -0.2) is 16.3 Å². The number of halogens is 3.